The van der Waals surface area contributed by atoms with Crippen molar-refractivity contribution in [2.75, 3.05) is 5.43 Å². The number of rotatable bonds is 4. The lowest BCUT2D eigenvalue weighted by Crippen LogP contribution is -2.14. The zero-order valence-electron chi connectivity index (χ0n) is 10.6. The molecular formula is C12H10BrN7S. The number of aromatic nitrogens is 5. The van der Waals surface area contributed by atoms with Crippen molar-refractivity contribution in [3.63, 3.8) is 0 Å². The largest absolute Gasteiger partial charge is 0.292 e. The van der Waals surface area contributed by atoms with E-state index in [9.17, 15) is 0 Å². The summed E-state index contributed by atoms with van der Waals surface area (Å²) in [6, 6.07) is 9.66. The molecule has 0 saturated carbocycles. The zero-order chi connectivity index (χ0) is 14.7. The van der Waals surface area contributed by atoms with Gasteiger partial charge in [0, 0.05) is 21.8 Å². The van der Waals surface area contributed by atoms with Gasteiger partial charge in [0.25, 0.3) is 5.95 Å². The van der Waals surface area contributed by atoms with Crippen LogP contribution in [0.5, 0.6) is 0 Å². The van der Waals surface area contributed by atoms with E-state index in [1.54, 1.807) is 23.1 Å². The van der Waals surface area contributed by atoms with Crippen LogP contribution in [-0.2, 0) is 0 Å². The second-order valence-electron chi connectivity index (χ2n) is 3.89. The van der Waals surface area contributed by atoms with E-state index >= 15 is 0 Å². The lowest BCUT2D eigenvalue weighted by molar-refractivity contribution is 0.760. The summed E-state index contributed by atoms with van der Waals surface area (Å²) in [6.07, 6.45) is 3.41. The molecule has 0 amide bonds. The van der Waals surface area contributed by atoms with Gasteiger partial charge < -0.3 is 0 Å². The molecule has 0 radical (unpaired) electrons. The molecule has 0 fully saturated rings. The summed E-state index contributed by atoms with van der Waals surface area (Å²) in [6.45, 7) is 0. The summed E-state index contributed by atoms with van der Waals surface area (Å²) in [5.74, 6) is 6.10. The average molecular weight is 364 g/mol. The van der Waals surface area contributed by atoms with E-state index in [1.165, 1.54) is 11.8 Å². The summed E-state index contributed by atoms with van der Waals surface area (Å²) >= 11 is 4.82. The second kappa shape index (κ2) is 6.20. The number of nitrogen functional groups attached to an aromatic ring is 1. The van der Waals surface area contributed by atoms with Crippen LogP contribution in [0, 0.1) is 0 Å². The monoisotopic (exact) mass is 363 g/mol. The Balaban J connectivity index is 1.94. The fourth-order valence-electron chi connectivity index (χ4n) is 1.55. The van der Waals surface area contributed by atoms with Gasteiger partial charge in [0.05, 0.1) is 0 Å². The van der Waals surface area contributed by atoms with E-state index in [2.05, 4.69) is 41.4 Å². The van der Waals surface area contributed by atoms with Gasteiger partial charge in [-0.15, -0.1) is 0 Å². The van der Waals surface area contributed by atoms with Crippen molar-refractivity contribution in [3.05, 3.63) is 47.2 Å². The molecule has 1 aromatic carbocycles. The first-order valence-corrected chi connectivity index (χ1v) is 7.52. The number of halogens is 1. The van der Waals surface area contributed by atoms with Gasteiger partial charge in [-0.25, -0.2) is 10.5 Å². The van der Waals surface area contributed by atoms with Crippen LogP contribution in [0.15, 0.2) is 57.3 Å². The summed E-state index contributed by atoms with van der Waals surface area (Å²) in [5, 5.41) is 4.63. The SMILES string of the molecule is NNc1nc(Sc2ccc(Br)cc2)nc(-n2cccn2)n1. The number of anilines is 1. The predicted octanol–water partition coefficient (Wildman–Crippen LogP) is 2.26. The average Bonchev–Trinajstić information content (AvgIpc) is 3.04. The van der Waals surface area contributed by atoms with Crippen molar-refractivity contribution in [2.45, 2.75) is 10.1 Å². The Morgan fingerprint density at radius 3 is 2.62 bits per heavy atom. The lowest BCUT2D eigenvalue weighted by Gasteiger charge is -2.06. The Morgan fingerprint density at radius 1 is 1.14 bits per heavy atom. The molecule has 0 atom stereocenters. The Bertz CT molecular complexity index is 730. The van der Waals surface area contributed by atoms with Crippen LogP contribution in [0.4, 0.5) is 5.95 Å². The van der Waals surface area contributed by atoms with E-state index in [4.69, 9.17) is 5.84 Å². The normalized spacial score (nSPS) is 10.6. The molecule has 0 spiro atoms. The molecule has 3 N–H and O–H groups in total. The first-order chi connectivity index (χ1) is 10.2. The van der Waals surface area contributed by atoms with Crippen LogP contribution in [-0.4, -0.2) is 24.7 Å². The Kier molecular flexibility index (Phi) is 4.13. The molecule has 0 aliphatic heterocycles. The standard InChI is InChI=1S/C12H10BrN7S/c13-8-2-4-9(5-3-8)21-12-17-10(19-14)16-11(18-12)20-7-1-6-15-20/h1-7H,14H2,(H,16,17,18,19). The van der Waals surface area contributed by atoms with Gasteiger partial charge in [-0.1, -0.05) is 15.9 Å². The van der Waals surface area contributed by atoms with Crippen LogP contribution in [0.25, 0.3) is 5.95 Å². The molecule has 0 bridgehead atoms. The van der Waals surface area contributed by atoms with Gasteiger partial charge in [0.1, 0.15) is 0 Å². The van der Waals surface area contributed by atoms with Gasteiger partial charge in [-0.3, -0.25) is 5.43 Å². The maximum absolute atomic E-state index is 5.41. The fraction of sp³-hybridized carbons (Fsp3) is 0. The number of hydrazine groups is 1. The summed E-state index contributed by atoms with van der Waals surface area (Å²) < 4.78 is 2.57. The number of hydrogen-bond donors (Lipinski definition) is 2. The van der Waals surface area contributed by atoms with Gasteiger partial charge in [-0.2, -0.15) is 20.1 Å². The highest BCUT2D eigenvalue weighted by molar-refractivity contribution is 9.10. The number of nitrogens with zero attached hydrogens (tertiary/aromatic N) is 5. The van der Waals surface area contributed by atoms with Crippen molar-refractivity contribution in [2.24, 2.45) is 5.84 Å². The van der Waals surface area contributed by atoms with Crippen LogP contribution in [0.2, 0.25) is 0 Å². The predicted molar refractivity (Wildman–Crippen MR) is 83.0 cm³/mol. The van der Waals surface area contributed by atoms with Crippen molar-refractivity contribution in [3.8, 4) is 5.95 Å². The van der Waals surface area contributed by atoms with Crippen LogP contribution in [0.1, 0.15) is 0 Å². The first-order valence-electron chi connectivity index (χ1n) is 5.91. The summed E-state index contributed by atoms with van der Waals surface area (Å²) in [5.41, 5.74) is 2.44. The fourth-order valence-corrected chi connectivity index (χ4v) is 2.56. The van der Waals surface area contributed by atoms with Crippen LogP contribution in [0.3, 0.4) is 0 Å². The van der Waals surface area contributed by atoms with Crippen molar-refractivity contribution >= 4 is 33.6 Å². The maximum Gasteiger partial charge on any atom is 0.256 e. The van der Waals surface area contributed by atoms with Gasteiger partial charge >= 0.3 is 0 Å². The van der Waals surface area contributed by atoms with Crippen LogP contribution >= 0.6 is 27.7 Å². The van der Waals surface area contributed by atoms with Crippen molar-refractivity contribution < 1.29 is 0 Å². The second-order valence-corrected chi connectivity index (χ2v) is 5.85. The van der Waals surface area contributed by atoms with Crippen molar-refractivity contribution in [1.29, 1.82) is 0 Å². The molecule has 0 aliphatic rings. The summed E-state index contributed by atoms with van der Waals surface area (Å²) in [7, 11) is 0. The van der Waals surface area contributed by atoms with E-state index in [0.29, 0.717) is 11.1 Å². The Labute approximate surface area is 133 Å². The third-order valence-corrected chi connectivity index (χ3v) is 3.87. The number of nitrogens with two attached hydrogens (primary N) is 1. The molecule has 0 saturated heterocycles. The molecule has 3 rings (SSSR count). The Morgan fingerprint density at radius 2 is 1.95 bits per heavy atom. The highest BCUT2D eigenvalue weighted by atomic mass is 79.9. The zero-order valence-corrected chi connectivity index (χ0v) is 13.0. The molecule has 2 aromatic heterocycles. The molecule has 2 heterocycles. The Hall–Kier alpha value is -1.97. The van der Waals surface area contributed by atoms with Gasteiger partial charge in [-0.05, 0) is 42.1 Å². The molecular weight excluding hydrogens is 354 g/mol. The van der Waals surface area contributed by atoms with E-state index < -0.39 is 0 Å². The lowest BCUT2D eigenvalue weighted by atomic mass is 10.4. The molecule has 9 heteroatoms. The van der Waals surface area contributed by atoms with E-state index in [-0.39, 0.29) is 5.95 Å². The van der Waals surface area contributed by atoms with Gasteiger partial charge in [0.2, 0.25) is 5.95 Å². The molecule has 0 unspecified atom stereocenters. The molecule has 106 valence electrons. The highest BCUT2D eigenvalue weighted by Crippen LogP contribution is 2.26. The topological polar surface area (TPSA) is 94.5 Å². The van der Waals surface area contributed by atoms with Crippen molar-refractivity contribution in [1.82, 2.24) is 24.7 Å². The molecule has 3 aromatic rings. The third-order valence-electron chi connectivity index (χ3n) is 2.46. The molecule has 21 heavy (non-hydrogen) atoms. The number of nitrogens with one attached hydrogen (secondary N) is 1. The van der Waals surface area contributed by atoms with Crippen LogP contribution < -0.4 is 11.3 Å². The summed E-state index contributed by atoms with van der Waals surface area (Å²) in [4.78, 5) is 13.8. The molecule has 0 aliphatic carbocycles. The van der Waals surface area contributed by atoms with Gasteiger partial charge in [0.15, 0.2) is 5.16 Å². The van der Waals surface area contributed by atoms with E-state index in [0.717, 1.165) is 9.37 Å². The highest BCUT2D eigenvalue weighted by Gasteiger charge is 2.09. The third kappa shape index (κ3) is 3.38. The number of hydrogen-bond acceptors (Lipinski definition) is 7. The maximum atomic E-state index is 5.41. The number of benzene rings is 1. The van der Waals surface area contributed by atoms with E-state index in [1.807, 2.05) is 24.3 Å². The minimum Gasteiger partial charge on any atom is -0.292 e. The quantitative estimate of drug-likeness (QED) is 0.542. The minimum absolute atomic E-state index is 0.287. The molecule has 7 nitrogen and oxygen atoms in total. The minimum atomic E-state index is 0.287. The first kappa shape index (κ1) is 14.0. The smallest absolute Gasteiger partial charge is 0.256 e.